The van der Waals surface area contributed by atoms with Crippen LogP contribution in [0.15, 0.2) is 11.4 Å². The van der Waals surface area contributed by atoms with E-state index in [0.29, 0.717) is 11.7 Å². The third-order valence-electron chi connectivity index (χ3n) is 6.46. The van der Waals surface area contributed by atoms with Crippen LogP contribution in [0.2, 0.25) is 0 Å². The first-order chi connectivity index (χ1) is 9.34. The molecule has 0 spiro atoms. The Balaban J connectivity index is 1.43. The highest BCUT2D eigenvalue weighted by atomic mass is 32.1. The van der Waals surface area contributed by atoms with Crippen LogP contribution in [-0.4, -0.2) is 5.78 Å². The Bertz CT molecular complexity index is 529. The van der Waals surface area contributed by atoms with Crippen molar-refractivity contribution in [1.29, 1.82) is 0 Å². The van der Waals surface area contributed by atoms with Gasteiger partial charge in [-0.3, -0.25) is 4.79 Å². The maximum atomic E-state index is 13.0. The molecular formula is C17H20OS. The standard InChI is InChI=1S/C17H20OS/c18-17(12-2-1-3-13-11(12)6-7-19-13)16-14-9-4-5-10(8-9)15(14)16/h6-7,9-10,12,14-16H,1-5,8H2. The van der Waals surface area contributed by atoms with Crippen LogP contribution in [0.3, 0.4) is 0 Å². The summed E-state index contributed by atoms with van der Waals surface area (Å²) in [6.07, 6.45) is 7.84. The Hall–Kier alpha value is -0.630. The van der Waals surface area contributed by atoms with E-state index >= 15 is 0 Å². The molecule has 0 aromatic carbocycles. The van der Waals surface area contributed by atoms with E-state index in [1.165, 1.54) is 42.5 Å². The minimum atomic E-state index is 0.269. The quantitative estimate of drug-likeness (QED) is 0.794. The number of aryl methyl sites for hydroxylation is 1. The average Bonchev–Trinajstić information content (AvgIpc) is 2.85. The summed E-state index contributed by atoms with van der Waals surface area (Å²) in [5.41, 5.74) is 1.40. The first kappa shape index (κ1) is 11.1. The highest BCUT2D eigenvalue weighted by Crippen LogP contribution is 2.70. The molecule has 100 valence electrons. The lowest BCUT2D eigenvalue weighted by atomic mass is 9.81. The first-order valence-corrected chi connectivity index (χ1v) is 8.82. The van der Waals surface area contributed by atoms with E-state index in [1.807, 2.05) is 11.3 Å². The Labute approximate surface area is 118 Å². The summed E-state index contributed by atoms with van der Waals surface area (Å²) in [6.45, 7) is 0. The number of fused-ring (bicyclic) bond motifs is 6. The zero-order valence-electron chi connectivity index (χ0n) is 11.2. The van der Waals surface area contributed by atoms with Crippen LogP contribution >= 0.6 is 11.3 Å². The van der Waals surface area contributed by atoms with Crippen LogP contribution in [0.1, 0.15) is 48.5 Å². The minimum absolute atomic E-state index is 0.269. The molecular weight excluding hydrogens is 252 g/mol. The van der Waals surface area contributed by atoms with Gasteiger partial charge in [-0.25, -0.2) is 0 Å². The molecule has 3 saturated carbocycles. The number of carbonyl (C=O) groups excluding carboxylic acids is 1. The number of rotatable bonds is 2. The largest absolute Gasteiger partial charge is 0.299 e. The molecule has 0 radical (unpaired) electrons. The average molecular weight is 272 g/mol. The van der Waals surface area contributed by atoms with Crippen LogP contribution in [-0.2, 0) is 11.2 Å². The van der Waals surface area contributed by atoms with Crippen molar-refractivity contribution in [3.05, 3.63) is 21.9 Å². The molecule has 2 bridgehead atoms. The molecule has 4 aliphatic rings. The lowest BCUT2D eigenvalue weighted by Gasteiger charge is -2.22. The smallest absolute Gasteiger partial charge is 0.144 e. The van der Waals surface area contributed by atoms with Gasteiger partial charge in [-0.15, -0.1) is 11.3 Å². The van der Waals surface area contributed by atoms with E-state index in [0.717, 1.165) is 30.1 Å². The molecule has 2 heteroatoms. The molecule has 1 aromatic heterocycles. The monoisotopic (exact) mass is 272 g/mol. The fraction of sp³-hybridized carbons (Fsp3) is 0.706. The van der Waals surface area contributed by atoms with Crippen molar-refractivity contribution in [3.8, 4) is 0 Å². The molecule has 5 unspecified atom stereocenters. The molecule has 1 heterocycles. The number of Topliss-reactive ketones (excluding diaryl/α,β-unsaturated/α-hetero) is 1. The maximum Gasteiger partial charge on any atom is 0.144 e. The number of ketones is 1. The van der Waals surface area contributed by atoms with E-state index in [1.54, 1.807) is 0 Å². The summed E-state index contributed by atoms with van der Waals surface area (Å²) in [5.74, 6) is 4.85. The van der Waals surface area contributed by atoms with Gasteiger partial charge in [0.05, 0.1) is 0 Å². The van der Waals surface area contributed by atoms with Crippen LogP contribution < -0.4 is 0 Å². The van der Waals surface area contributed by atoms with Crippen molar-refractivity contribution in [3.63, 3.8) is 0 Å². The van der Waals surface area contributed by atoms with Gasteiger partial charge < -0.3 is 0 Å². The second-order valence-electron chi connectivity index (χ2n) is 7.16. The van der Waals surface area contributed by atoms with Crippen LogP contribution in [0.5, 0.6) is 0 Å². The predicted molar refractivity (Wildman–Crippen MR) is 76.3 cm³/mol. The summed E-state index contributed by atoms with van der Waals surface area (Å²) in [5, 5.41) is 2.19. The normalized spacial score (nSPS) is 45.9. The van der Waals surface area contributed by atoms with Gasteiger partial charge >= 0.3 is 0 Å². The van der Waals surface area contributed by atoms with Gasteiger partial charge in [-0.2, -0.15) is 0 Å². The van der Waals surface area contributed by atoms with Crippen molar-refractivity contribution in [2.75, 3.05) is 0 Å². The van der Waals surface area contributed by atoms with Gasteiger partial charge in [0, 0.05) is 16.7 Å². The first-order valence-electron chi connectivity index (χ1n) is 7.94. The summed E-state index contributed by atoms with van der Waals surface area (Å²) in [7, 11) is 0. The van der Waals surface area contributed by atoms with Gasteiger partial charge in [-0.1, -0.05) is 0 Å². The summed E-state index contributed by atoms with van der Waals surface area (Å²) < 4.78 is 0. The Morgan fingerprint density at radius 2 is 1.95 bits per heavy atom. The molecule has 4 aliphatic carbocycles. The Kier molecular flexibility index (Phi) is 2.17. The van der Waals surface area contributed by atoms with Gasteiger partial charge in [-0.05, 0) is 79.2 Å². The van der Waals surface area contributed by atoms with E-state index in [2.05, 4.69) is 11.4 Å². The molecule has 3 fully saturated rings. The molecule has 0 N–H and O–H groups in total. The maximum absolute atomic E-state index is 13.0. The second-order valence-corrected chi connectivity index (χ2v) is 8.16. The zero-order valence-corrected chi connectivity index (χ0v) is 12.0. The second kappa shape index (κ2) is 3.72. The van der Waals surface area contributed by atoms with Crippen molar-refractivity contribution in [1.82, 2.24) is 0 Å². The van der Waals surface area contributed by atoms with Gasteiger partial charge in [0.1, 0.15) is 5.78 Å². The van der Waals surface area contributed by atoms with Crippen molar-refractivity contribution in [2.24, 2.45) is 29.6 Å². The Morgan fingerprint density at radius 3 is 2.74 bits per heavy atom. The minimum Gasteiger partial charge on any atom is -0.299 e. The molecule has 0 aliphatic heterocycles. The van der Waals surface area contributed by atoms with E-state index in [4.69, 9.17) is 0 Å². The highest BCUT2D eigenvalue weighted by molar-refractivity contribution is 7.10. The fourth-order valence-corrected chi connectivity index (χ4v) is 6.71. The lowest BCUT2D eigenvalue weighted by molar-refractivity contribution is -0.123. The van der Waals surface area contributed by atoms with Gasteiger partial charge in [0.2, 0.25) is 0 Å². The van der Waals surface area contributed by atoms with Gasteiger partial charge in [0.25, 0.3) is 0 Å². The van der Waals surface area contributed by atoms with Crippen LogP contribution in [0.25, 0.3) is 0 Å². The predicted octanol–water partition coefficient (Wildman–Crippen LogP) is 4.03. The van der Waals surface area contributed by atoms with Crippen molar-refractivity contribution >= 4 is 17.1 Å². The molecule has 5 rings (SSSR count). The zero-order chi connectivity index (χ0) is 12.6. The fourth-order valence-electron chi connectivity index (χ4n) is 5.72. The summed E-state index contributed by atoms with van der Waals surface area (Å²) in [6, 6.07) is 2.23. The SMILES string of the molecule is O=C(C1CCCc2sccc21)C1C2C3CCC(C3)C12. The molecule has 1 aromatic rings. The molecule has 5 atom stereocenters. The molecule has 1 nitrogen and oxygen atoms in total. The van der Waals surface area contributed by atoms with E-state index in [9.17, 15) is 4.79 Å². The number of hydrogen-bond acceptors (Lipinski definition) is 2. The third-order valence-corrected chi connectivity index (χ3v) is 7.46. The number of hydrogen-bond donors (Lipinski definition) is 0. The summed E-state index contributed by atoms with van der Waals surface area (Å²) in [4.78, 5) is 14.5. The van der Waals surface area contributed by atoms with Gasteiger partial charge in [0.15, 0.2) is 0 Å². The highest BCUT2D eigenvalue weighted by Gasteiger charge is 2.67. The topological polar surface area (TPSA) is 17.1 Å². The van der Waals surface area contributed by atoms with E-state index in [-0.39, 0.29) is 5.92 Å². The third kappa shape index (κ3) is 1.39. The summed E-state index contributed by atoms with van der Waals surface area (Å²) >= 11 is 1.86. The number of carbonyl (C=O) groups is 1. The molecule has 0 saturated heterocycles. The van der Waals surface area contributed by atoms with Crippen LogP contribution in [0.4, 0.5) is 0 Å². The molecule has 0 amide bonds. The number of thiophene rings is 1. The lowest BCUT2D eigenvalue weighted by Crippen LogP contribution is -2.21. The van der Waals surface area contributed by atoms with Crippen molar-refractivity contribution < 1.29 is 4.79 Å². The molecule has 19 heavy (non-hydrogen) atoms. The Morgan fingerprint density at radius 1 is 1.16 bits per heavy atom. The van der Waals surface area contributed by atoms with Crippen molar-refractivity contribution in [2.45, 2.75) is 44.4 Å². The van der Waals surface area contributed by atoms with E-state index < -0.39 is 0 Å². The van der Waals surface area contributed by atoms with Crippen LogP contribution in [0, 0.1) is 29.6 Å².